The lowest BCUT2D eigenvalue weighted by molar-refractivity contribution is -0.331. The average molecular weight is 386 g/mol. The van der Waals surface area contributed by atoms with Gasteiger partial charge in [0, 0.05) is 23.0 Å². The van der Waals surface area contributed by atoms with Crippen molar-refractivity contribution in [1.82, 2.24) is 4.40 Å². The lowest BCUT2D eigenvalue weighted by Crippen LogP contribution is -2.11. The summed E-state index contributed by atoms with van der Waals surface area (Å²) in [6.45, 7) is 1.97. The minimum atomic E-state index is -6.00. The molecule has 0 atom stereocenters. The number of H-pyrrole nitrogens is 1. The van der Waals surface area contributed by atoms with Gasteiger partial charge in [0.25, 0.3) is 5.69 Å². The van der Waals surface area contributed by atoms with Crippen LogP contribution >= 0.6 is 0 Å². The third-order valence-corrected chi connectivity index (χ3v) is 4.37. The van der Waals surface area contributed by atoms with E-state index in [1.165, 1.54) is 10.8 Å². The zero-order valence-electron chi connectivity index (χ0n) is 14.8. The number of fused-ring (bicyclic) bond motifs is 5. The Balaban J connectivity index is 0.000000346. The fourth-order valence-electron chi connectivity index (χ4n) is 3.33. The standard InChI is InChI=1S/C20H14N2O.BF4/c1-13-10-11-18(23-13)19-20-15-7-3-2-6-14(15)12-22(20)17-9-5-4-8-16(17)21-19;2-1(3,4)5/h2-12H,1H3;/q;-1/p+1. The van der Waals surface area contributed by atoms with Crippen LogP contribution in [0.25, 0.3) is 38.8 Å². The minimum absolute atomic E-state index is 0.863. The summed E-state index contributed by atoms with van der Waals surface area (Å²) < 4.78 is 47.2. The molecule has 3 aromatic heterocycles. The van der Waals surface area contributed by atoms with Crippen LogP contribution < -0.4 is 4.98 Å². The molecular weight excluding hydrogens is 371 g/mol. The molecule has 0 saturated carbocycles. The summed E-state index contributed by atoms with van der Waals surface area (Å²) in [7, 11) is -6.00. The van der Waals surface area contributed by atoms with E-state index in [1.807, 2.05) is 25.1 Å². The number of aromatic nitrogens is 2. The summed E-state index contributed by atoms with van der Waals surface area (Å²) in [6, 6.07) is 20.8. The second-order valence-corrected chi connectivity index (χ2v) is 6.36. The molecule has 0 saturated heterocycles. The summed E-state index contributed by atoms with van der Waals surface area (Å²) >= 11 is 0. The van der Waals surface area contributed by atoms with E-state index in [0.717, 1.165) is 33.8 Å². The highest BCUT2D eigenvalue weighted by Gasteiger charge is 2.22. The van der Waals surface area contributed by atoms with Crippen molar-refractivity contribution in [3.63, 3.8) is 0 Å². The Bertz CT molecular complexity index is 1280. The molecule has 2 aromatic carbocycles. The molecule has 0 aliphatic heterocycles. The van der Waals surface area contributed by atoms with Crippen molar-refractivity contribution in [3.8, 4) is 11.5 Å². The van der Waals surface area contributed by atoms with Crippen LogP contribution in [-0.4, -0.2) is 11.7 Å². The number of furan rings is 1. The van der Waals surface area contributed by atoms with Gasteiger partial charge in [-0.2, -0.15) is 4.98 Å². The van der Waals surface area contributed by atoms with E-state index in [2.05, 4.69) is 58.0 Å². The summed E-state index contributed by atoms with van der Waals surface area (Å²) in [5.74, 6) is 1.78. The van der Waals surface area contributed by atoms with Crippen LogP contribution in [0.4, 0.5) is 17.3 Å². The van der Waals surface area contributed by atoms with Gasteiger partial charge in [0.05, 0.1) is 0 Å². The van der Waals surface area contributed by atoms with Gasteiger partial charge in [-0.15, -0.1) is 0 Å². The molecular formula is C20H15BF4N2O. The molecule has 3 heterocycles. The van der Waals surface area contributed by atoms with E-state index in [1.54, 1.807) is 0 Å². The number of benzene rings is 2. The van der Waals surface area contributed by atoms with Gasteiger partial charge in [-0.05, 0) is 25.1 Å². The predicted octanol–water partition coefficient (Wildman–Crippen LogP) is 5.93. The van der Waals surface area contributed by atoms with Crippen molar-refractivity contribution in [2.45, 2.75) is 6.92 Å². The second-order valence-electron chi connectivity index (χ2n) is 6.36. The lowest BCUT2D eigenvalue weighted by atomic mass is 10.1. The van der Waals surface area contributed by atoms with Gasteiger partial charge in [0.1, 0.15) is 16.8 Å². The Kier molecular flexibility index (Phi) is 4.33. The topological polar surface area (TPSA) is 31.7 Å². The largest absolute Gasteiger partial charge is 0.673 e. The van der Waals surface area contributed by atoms with Crippen molar-refractivity contribution in [2.75, 3.05) is 0 Å². The Labute approximate surface area is 157 Å². The number of hydrogen-bond acceptors (Lipinski definition) is 1. The quantitative estimate of drug-likeness (QED) is 0.260. The summed E-state index contributed by atoms with van der Waals surface area (Å²) in [5.41, 5.74) is 4.40. The maximum absolute atomic E-state index is 9.75. The molecule has 8 heteroatoms. The van der Waals surface area contributed by atoms with Crippen LogP contribution in [0.2, 0.25) is 0 Å². The molecule has 142 valence electrons. The number of hydrogen-bond donors (Lipinski definition) is 0. The lowest BCUT2D eigenvalue weighted by Gasteiger charge is -2.02. The Morgan fingerprint density at radius 2 is 1.57 bits per heavy atom. The fourth-order valence-corrected chi connectivity index (χ4v) is 3.33. The van der Waals surface area contributed by atoms with E-state index < -0.39 is 7.25 Å². The van der Waals surface area contributed by atoms with Gasteiger partial charge in [-0.25, -0.2) is 0 Å². The van der Waals surface area contributed by atoms with E-state index >= 15 is 0 Å². The van der Waals surface area contributed by atoms with Crippen LogP contribution in [0.5, 0.6) is 0 Å². The first-order valence-electron chi connectivity index (χ1n) is 8.59. The summed E-state index contributed by atoms with van der Waals surface area (Å²) in [4.78, 5) is 3.56. The monoisotopic (exact) mass is 386 g/mol. The van der Waals surface area contributed by atoms with Gasteiger partial charge in [0.2, 0.25) is 5.52 Å². The van der Waals surface area contributed by atoms with E-state index in [0.29, 0.717) is 0 Å². The third kappa shape index (κ3) is 3.45. The first-order valence-corrected chi connectivity index (χ1v) is 8.59. The van der Waals surface area contributed by atoms with Crippen LogP contribution in [0.3, 0.4) is 0 Å². The number of halogens is 4. The van der Waals surface area contributed by atoms with Crippen molar-refractivity contribution >= 4 is 34.6 Å². The van der Waals surface area contributed by atoms with Gasteiger partial charge in [0.15, 0.2) is 5.76 Å². The molecule has 0 bridgehead atoms. The molecule has 3 nitrogen and oxygen atoms in total. The van der Waals surface area contributed by atoms with E-state index in [4.69, 9.17) is 4.42 Å². The van der Waals surface area contributed by atoms with Crippen LogP contribution in [0, 0.1) is 6.92 Å². The van der Waals surface area contributed by atoms with Gasteiger partial charge >= 0.3 is 7.25 Å². The predicted molar refractivity (Wildman–Crippen MR) is 102 cm³/mol. The molecule has 0 fully saturated rings. The molecule has 0 unspecified atom stereocenters. The number of para-hydroxylation sites is 2. The van der Waals surface area contributed by atoms with Gasteiger partial charge in [-0.3, -0.25) is 0 Å². The molecule has 1 N–H and O–H groups in total. The molecule has 5 rings (SSSR count). The fraction of sp³-hybridized carbons (Fsp3) is 0.0500. The summed E-state index contributed by atoms with van der Waals surface area (Å²) in [5, 5.41) is 2.44. The smallest absolute Gasteiger partial charge is 0.455 e. The van der Waals surface area contributed by atoms with Gasteiger partial charge in [-0.1, -0.05) is 36.4 Å². The van der Waals surface area contributed by atoms with Crippen molar-refractivity contribution in [2.24, 2.45) is 0 Å². The van der Waals surface area contributed by atoms with Crippen molar-refractivity contribution in [3.05, 3.63) is 72.6 Å². The maximum atomic E-state index is 9.75. The van der Waals surface area contributed by atoms with E-state index in [9.17, 15) is 17.3 Å². The van der Waals surface area contributed by atoms with Crippen LogP contribution in [0.1, 0.15) is 5.76 Å². The highest BCUT2D eigenvalue weighted by atomic mass is 19.5. The average Bonchev–Trinajstić information content (AvgIpc) is 3.23. The first-order chi connectivity index (χ1) is 13.3. The number of aromatic amines is 1. The zero-order valence-corrected chi connectivity index (χ0v) is 14.8. The molecule has 0 aliphatic rings. The second kappa shape index (κ2) is 6.71. The molecule has 0 spiro atoms. The van der Waals surface area contributed by atoms with Gasteiger partial charge < -0.3 is 26.1 Å². The van der Waals surface area contributed by atoms with Crippen molar-refractivity contribution < 1.29 is 26.7 Å². The Morgan fingerprint density at radius 1 is 0.893 bits per heavy atom. The third-order valence-electron chi connectivity index (χ3n) is 4.37. The Hall–Kier alpha value is -3.29. The van der Waals surface area contributed by atoms with Crippen molar-refractivity contribution in [1.29, 1.82) is 0 Å². The maximum Gasteiger partial charge on any atom is 0.673 e. The zero-order chi connectivity index (χ0) is 19.9. The minimum Gasteiger partial charge on any atom is -0.455 e. The molecule has 0 radical (unpaired) electrons. The van der Waals surface area contributed by atoms with Crippen LogP contribution in [0.15, 0.2) is 71.3 Å². The highest BCUT2D eigenvalue weighted by Crippen LogP contribution is 2.31. The first kappa shape index (κ1) is 18.1. The number of nitrogens with one attached hydrogen (secondary N) is 1. The SMILES string of the molecule is Cc1ccc(-c2[nH+]c3ccccc3n3cc4ccccc4c23)o1.F[B-](F)(F)F. The molecule has 0 amide bonds. The highest BCUT2D eigenvalue weighted by molar-refractivity contribution is 6.50. The summed E-state index contributed by atoms with van der Waals surface area (Å²) in [6.07, 6.45) is 2.19. The van der Waals surface area contributed by atoms with E-state index in [-0.39, 0.29) is 0 Å². The number of nitrogens with zero attached hydrogens (tertiary/aromatic N) is 1. The normalized spacial score (nSPS) is 11.8. The number of aryl methyl sites for hydroxylation is 1. The molecule has 28 heavy (non-hydrogen) atoms. The molecule has 5 aromatic rings. The Morgan fingerprint density at radius 3 is 2.29 bits per heavy atom. The molecule has 0 aliphatic carbocycles. The number of rotatable bonds is 1. The van der Waals surface area contributed by atoms with Crippen LogP contribution in [-0.2, 0) is 0 Å².